The Bertz CT molecular complexity index is 369. The molecule has 4 heteroatoms. The quantitative estimate of drug-likeness (QED) is 0.812. The lowest BCUT2D eigenvalue weighted by molar-refractivity contribution is -0.0399. The van der Waals surface area contributed by atoms with Crippen molar-refractivity contribution in [3.05, 3.63) is 29.8 Å². The number of nitrogens with one attached hydrogen (secondary N) is 1. The third kappa shape index (κ3) is 3.75. The van der Waals surface area contributed by atoms with Gasteiger partial charge in [-0.05, 0) is 39.8 Å². The maximum atomic E-state index is 13.9. The maximum Gasteiger partial charge on any atom is 0.146 e. The standard InChI is InChI=1S/C14H23FN2O/c1-5-8-17-13(14(3,4)18-6-2)11-7-9-16-10-12(11)15/h7,9-10,13,17H,5-6,8H2,1-4H3. The van der Waals surface area contributed by atoms with Crippen molar-refractivity contribution in [2.24, 2.45) is 0 Å². The van der Waals surface area contributed by atoms with Gasteiger partial charge >= 0.3 is 0 Å². The molecule has 102 valence electrons. The highest BCUT2D eigenvalue weighted by Crippen LogP contribution is 2.30. The summed E-state index contributed by atoms with van der Waals surface area (Å²) in [5.74, 6) is -0.293. The Morgan fingerprint density at radius 1 is 1.44 bits per heavy atom. The van der Waals surface area contributed by atoms with E-state index in [0.717, 1.165) is 13.0 Å². The van der Waals surface area contributed by atoms with E-state index in [1.807, 2.05) is 20.8 Å². The van der Waals surface area contributed by atoms with E-state index in [0.29, 0.717) is 12.2 Å². The molecule has 1 aromatic rings. The summed E-state index contributed by atoms with van der Waals surface area (Å²) >= 11 is 0. The highest BCUT2D eigenvalue weighted by molar-refractivity contribution is 5.20. The molecule has 3 nitrogen and oxygen atoms in total. The van der Waals surface area contributed by atoms with Crippen molar-refractivity contribution in [3.8, 4) is 0 Å². The van der Waals surface area contributed by atoms with E-state index in [2.05, 4.69) is 17.2 Å². The highest BCUT2D eigenvalue weighted by atomic mass is 19.1. The van der Waals surface area contributed by atoms with Crippen LogP contribution in [-0.4, -0.2) is 23.7 Å². The van der Waals surface area contributed by atoms with E-state index in [4.69, 9.17) is 4.74 Å². The summed E-state index contributed by atoms with van der Waals surface area (Å²) in [6, 6.07) is 1.53. The molecule has 0 aliphatic heterocycles. The number of rotatable bonds is 7. The molecule has 0 radical (unpaired) electrons. The molecule has 0 saturated carbocycles. The van der Waals surface area contributed by atoms with Gasteiger partial charge in [-0.15, -0.1) is 0 Å². The number of ether oxygens (including phenoxy) is 1. The lowest BCUT2D eigenvalue weighted by atomic mass is 9.91. The molecule has 0 aromatic carbocycles. The van der Waals surface area contributed by atoms with Gasteiger partial charge in [0.1, 0.15) is 5.82 Å². The van der Waals surface area contributed by atoms with Crippen molar-refractivity contribution >= 4 is 0 Å². The van der Waals surface area contributed by atoms with Crippen molar-refractivity contribution < 1.29 is 9.13 Å². The number of halogens is 1. The summed E-state index contributed by atoms with van der Waals surface area (Å²) in [6.45, 7) is 9.41. The fraction of sp³-hybridized carbons (Fsp3) is 0.643. The lowest BCUT2D eigenvalue weighted by Gasteiger charge is -2.35. The summed E-state index contributed by atoms with van der Waals surface area (Å²) in [5.41, 5.74) is 0.142. The number of aromatic nitrogens is 1. The molecule has 0 aliphatic rings. The predicted molar refractivity (Wildman–Crippen MR) is 70.9 cm³/mol. The first-order valence-corrected chi connectivity index (χ1v) is 6.49. The molecule has 0 fully saturated rings. The van der Waals surface area contributed by atoms with Crippen LogP contribution in [0.2, 0.25) is 0 Å². The summed E-state index contributed by atoms with van der Waals surface area (Å²) < 4.78 is 19.6. The zero-order valence-corrected chi connectivity index (χ0v) is 11.7. The van der Waals surface area contributed by atoms with Gasteiger partial charge in [0.05, 0.1) is 17.8 Å². The summed E-state index contributed by atoms with van der Waals surface area (Å²) in [6.07, 6.45) is 3.85. The van der Waals surface area contributed by atoms with Crippen molar-refractivity contribution in [2.75, 3.05) is 13.2 Å². The zero-order valence-electron chi connectivity index (χ0n) is 11.7. The van der Waals surface area contributed by atoms with Gasteiger partial charge in [0, 0.05) is 18.4 Å². The second-order valence-electron chi connectivity index (χ2n) is 4.82. The highest BCUT2D eigenvalue weighted by Gasteiger charge is 2.32. The monoisotopic (exact) mass is 254 g/mol. The van der Waals surface area contributed by atoms with Gasteiger partial charge in [0.2, 0.25) is 0 Å². The van der Waals surface area contributed by atoms with E-state index in [1.54, 1.807) is 12.3 Å². The molecule has 1 rings (SSSR count). The van der Waals surface area contributed by atoms with Crippen LogP contribution in [0.1, 0.15) is 45.7 Å². The summed E-state index contributed by atoms with van der Waals surface area (Å²) in [7, 11) is 0. The van der Waals surface area contributed by atoms with Crippen LogP contribution in [0.5, 0.6) is 0 Å². The van der Waals surface area contributed by atoms with E-state index in [-0.39, 0.29) is 11.9 Å². The van der Waals surface area contributed by atoms with Gasteiger partial charge in [0.25, 0.3) is 0 Å². The van der Waals surface area contributed by atoms with E-state index in [1.165, 1.54) is 6.20 Å². The minimum Gasteiger partial charge on any atom is -0.374 e. The molecule has 18 heavy (non-hydrogen) atoms. The van der Waals surface area contributed by atoms with Crippen LogP contribution in [0.3, 0.4) is 0 Å². The van der Waals surface area contributed by atoms with Gasteiger partial charge in [-0.1, -0.05) is 6.92 Å². The largest absolute Gasteiger partial charge is 0.374 e. The van der Waals surface area contributed by atoms with Crippen molar-refractivity contribution in [1.29, 1.82) is 0 Å². The first-order valence-electron chi connectivity index (χ1n) is 6.49. The molecule has 1 unspecified atom stereocenters. The molecule has 1 atom stereocenters. The lowest BCUT2D eigenvalue weighted by Crippen LogP contribution is -2.42. The molecular formula is C14H23FN2O. The smallest absolute Gasteiger partial charge is 0.146 e. The Balaban J connectivity index is 3.01. The van der Waals surface area contributed by atoms with Crippen LogP contribution >= 0.6 is 0 Å². The van der Waals surface area contributed by atoms with E-state index >= 15 is 0 Å². The van der Waals surface area contributed by atoms with Crippen LogP contribution < -0.4 is 5.32 Å². The molecule has 0 aliphatic carbocycles. The first kappa shape index (κ1) is 15.1. The minimum atomic E-state index is -0.466. The fourth-order valence-electron chi connectivity index (χ4n) is 2.09. The number of hydrogen-bond acceptors (Lipinski definition) is 3. The molecule has 0 spiro atoms. The Labute approximate surface area is 109 Å². The average molecular weight is 254 g/mol. The van der Waals surface area contributed by atoms with Gasteiger partial charge in [-0.3, -0.25) is 4.98 Å². The minimum absolute atomic E-state index is 0.180. The topological polar surface area (TPSA) is 34.2 Å². The van der Waals surface area contributed by atoms with E-state index < -0.39 is 5.60 Å². The second kappa shape index (κ2) is 6.81. The van der Waals surface area contributed by atoms with Crippen molar-refractivity contribution in [3.63, 3.8) is 0 Å². The molecule has 1 N–H and O–H groups in total. The molecule has 0 amide bonds. The number of pyridine rings is 1. The van der Waals surface area contributed by atoms with Gasteiger partial charge in [-0.25, -0.2) is 4.39 Å². The Hall–Kier alpha value is -1.00. The first-order chi connectivity index (χ1) is 8.53. The molecular weight excluding hydrogens is 231 g/mol. The second-order valence-corrected chi connectivity index (χ2v) is 4.82. The van der Waals surface area contributed by atoms with Gasteiger partial charge < -0.3 is 10.1 Å². The van der Waals surface area contributed by atoms with E-state index in [9.17, 15) is 4.39 Å². The fourth-order valence-corrected chi connectivity index (χ4v) is 2.09. The number of nitrogens with zero attached hydrogens (tertiary/aromatic N) is 1. The molecule has 1 aromatic heterocycles. The van der Waals surface area contributed by atoms with Gasteiger partial charge in [-0.2, -0.15) is 0 Å². The summed E-state index contributed by atoms with van der Waals surface area (Å²) in [4.78, 5) is 3.79. The SMILES string of the molecule is CCCNC(c1ccncc1F)C(C)(C)OCC. The number of hydrogen-bond donors (Lipinski definition) is 1. The van der Waals surface area contributed by atoms with Crippen molar-refractivity contribution in [1.82, 2.24) is 10.3 Å². The molecule has 0 saturated heterocycles. The van der Waals surface area contributed by atoms with Crippen LogP contribution in [0.15, 0.2) is 18.5 Å². The third-order valence-electron chi connectivity index (χ3n) is 2.92. The summed E-state index contributed by atoms with van der Waals surface area (Å²) in [5, 5.41) is 3.36. The molecule has 1 heterocycles. The van der Waals surface area contributed by atoms with Crippen LogP contribution in [0.25, 0.3) is 0 Å². The Morgan fingerprint density at radius 3 is 2.72 bits per heavy atom. The Morgan fingerprint density at radius 2 is 2.17 bits per heavy atom. The zero-order chi connectivity index (χ0) is 13.6. The Kier molecular flexibility index (Phi) is 5.69. The van der Waals surface area contributed by atoms with Crippen LogP contribution in [-0.2, 0) is 4.74 Å². The van der Waals surface area contributed by atoms with Crippen LogP contribution in [0.4, 0.5) is 4.39 Å². The van der Waals surface area contributed by atoms with Crippen LogP contribution in [0, 0.1) is 5.82 Å². The van der Waals surface area contributed by atoms with Crippen molar-refractivity contribution in [2.45, 2.75) is 45.8 Å². The third-order valence-corrected chi connectivity index (χ3v) is 2.92. The average Bonchev–Trinajstić information content (AvgIpc) is 2.31. The normalized spacial score (nSPS) is 13.6. The predicted octanol–water partition coefficient (Wildman–Crippen LogP) is 3.08. The molecule has 0 bridgehead atoms. The van der Waals surface area contributed by atoms with Gasteiger partial charge in [0.15, 0.2) is 0 Å². The maximum absolute atomic E-state index is 13.9.